The monoisotopic (exact) mass is 650 g/mol. The van der Waals surface area contributed by atoms with E-state index < -0.39 is 44.0 Å². The summed E-state index contributed by atoms with van der Waals surface area (Å²) >= 11 is 0. The summed E-state index contributed by atoms with van der Waals surface area (Å²) < 4.78 is 77.9. The van der Waals surface area contributed by atoms with Gasteiger partial charge in [-0.05, 0) is 99.2 Å². The molecule has 4 aliphatic rings. The van der Waals surface area contributed by atoms with Gasteiger partial charge in [0.05, 0.1) is 38.4 Å². The summed E-state index contributed by atoms with van der Waals surface area (Å²) in [6, 6.07) is 0. The van der Waals surface area contributed by atoms with E-state index in [0.717, 1.165) is 31.8 Å². The molecule has 0 bridgehead atoms. The van der Waals surface area contributed by atoms with Crippen LogP contribution < -0.4 is 0 Å². The Bertz CT molecular complexity index is 1250. The highest BCUT2D eigenvalue weighted by Gasteiger charge is 2.67. The fraction of sp³-hybridized carbons (Fsp3) is 0.933. The highest BCUT2D eigenvalue weighted by molar-refractivity contribution is 7.86. The summed E-state index contributed by atoms with van der Waals surface area (Å²) in [4.78, 5) is 24.1. The van der Waals surface area contributed by atoms with Crippen molar-refractivity contribution in [2.45, 2.75) is 104 Å². The van der Waals surface area contributed by atoms with Gasteiger partial charge >= 0.3 is 12.1 Å². The number of carbonyl (C=O) groups excluding carboxylic acids is 2. The van der Waals surface area contributed by atoms with Gasteiger partial charge in [-0.3, -0.25) is 13.2 Å². The molecule has 0 aliphatic heterocycles. The summed E-state index contributed by atoms with van der Waals surface area (Å²) in [5.41, 5.74) is -0.835. The van der Waals surface area contributed by atoms with Gasteiger partial charge in [0, 0.05) is 11.8 Å². The zero-order valence-electron chi connectivity index (χ0n) is 26.6. The largest absolute Gasteiger partial charge is 0.508 e. The lowest BCUT2D eigenvalue weighted by Crippen LogP contribution is -2.63. The van der Waals surface area contributed by atoms with Crippen LogP contribution >= 0.6 is 0 Å². The van der Waals surface area contributed by atoms with E-state index in [4.69, 9.17) is 22.6 Å². The fourth-order valence-electron chi connectivity index (χ4n) is 9.78. The predicted molar refractivity (Wildman–Crippen MR) is 158 cm³/mol. The summed E-state index contributed by atoms with van der Waals surface area (Å²) in [6.45, 7) is 8.35. The van der Waals surface area contributed by atoms with Crippen molar-refractivity contribution in [2.24, 2.45) is 46.3 Å². The number of methoxy groups -OCH3 is 1. The van der Waals surface area contributed by atoms with Crippen molar-refractivity contribution < 1.29 is 49.0 Å². The first-order valence-corrected chi connectivity index (χ1v) is 19.2. The zero-order valence-corrected chi connectivity index (χ0v) is 28.2. The van der Waals surface area contributed by atoms with Crippen molar-refractivity contribution in [3.8, 4) is 0 Å². The molecule has 4 aliphatic carbocycles. The van der Waals surface area contributed by atoms with E-state index in [0.29, 0.717) is 32.1 Å². The van der Waals surface area contributed by atoms with Crippen molar-refractivity contribution in [1.82, 2.24) is 0 Å². The minimum atomic E-state index is -3.81. The second-order valence-electron chi connectivity index (χ2n) is 13.9. The van der Waals surface area contributed by atoms with E-state index >= 15 is 0 Å². The summed E-state index contributed by atoms with van der Waals surface area (Å²) in [7, 11) is -6.24. The first kappa shape index (κ1) is 34.4. The number of rotatable bonds is 10. The maximum atomic E-state index is 12.7. The highest BCUT2D eigenvalue weighted by atomic mass is 32.2. The third-order valence-electron chi connectivity index (χ3n) is 11.6. The topological polar surface area (TPSA) is 149 Å². The Hall–Kier alpha value is -1.44. The molecule has 0 aromatic carbocycles. The fourth-order valence-corrected chi connectivity index (χ4v) is 11.1. The third-order valence-corrected chi connectivity index (χ3v) is 12.8. The maximum Gasteiger partial charge on any atom is 0.508 e. The number of hydrogen-bond acceptors (Lipinski definition) is 11. The molecule has 43 heavy (non-hydrogen) atoms. The molecule has 0 aromatic rings. The van der Waals surface area contributed by atoms with E-state index in [9.17, 15) is 26.4 Å². The third kappa shape index (κ3) is 7.19. The van der Waals surface area contributed by atoms with Gasteiger partial charge < -0.3 is 14.2 Å². The molecule has 0 radical (unpaired) electrons. The lowest BCUT2D eigenvalue weighted by atomic mass is 9.43. The molecule has 11 nitrogen and oxygen atoms in total. The van der Waals surface area contributed by atoms with Crippen LogP contribution in [-0.4, -0.2) is 73.5 Å². The number of ether oxygens (including phenoxy) is 3. The molecule has 0 N–H and O–H groups in total. The minimum absolute atomic E-state index is 0.00639. The Labute approximate surface area is 257 Å². The van der Waals surface area contributed by atoms with Crippen LogP contribution in [0.5, 0.6) is 0 Å². The molecule has 0 spiro atoms. The minimum Gasteiger partial charge on any atom is -0.469 e. The zero-order chi connectivity index (χ0) is 32.0. The molecular formula is C30H50O11S2. The van der Waals surface area contributed by atoms with Crippen LogP contribution in [0, 0.1) is 46.3 Å². The van der Waals surface area contributed by atoms with Gasteiger partial charge in [-0.2, -0.15) is 16.8 Å². The van der Waals surface area contributed by atoms with Crippen LogP contribution in [0.2, 0.25) is 0 Å². The molecule has 4 saturated carbocycles. The van der Waals surface area contributed by atoms with E-state index in [1.807, 2.05) is 0 Å². The van der Waals surface area contributed by atoms with Crippen LogP contribution in [-0.2, 0) is 47.6 Å². The van der Waals surface area contributed by atoms with Gasteiger partial charge in [-0.1, -0.05) is 20.8 Å². The van der Waals surface area contributed by atoms with Crippen molar-refractivity contribution in [3.05, 3.63) is 0 Å². The van der Waals surface area contributed by atoms with Crippen molar-refractivity contribution >= 4 is 32.4 Å². The van der Waals surface area contributed by atoms with Crippen LogP contribution in [0.4, 0.5) is 4.79 Å². The van der Waals surface area contributed by atoms with Gasteiger partial charge in [-0.25, -0.2) is 4.79 Å². The Kier molecular flexibility index (Phi) is 10.2. The average molecular weight is 651 g/mol. The van der Waals surface area contributed by atoms with Crippen molar-refractivity contribution in [2.75, 3.05) is 26.2 Å². The molecule has 248 valence electrons. The second-order valence-corrected chi connectivity index (χ2v) is 17.1. The number of fused-ring (bicyclic) bond motifs is 5. The molecule has 4 fully saturated rings. The van der Waals surface area contributed by atoms with E-state index in [2.05, 4.69) is 20.8 Å². The molecule has 0 saturated heterocycles. The Balaban J connectivity index is 1.72. The second kappa shape index (κ2) is 12.7. The first-order valence-electron chi connectivity index (χ1n) is 15.6. The Morgan fingerprint density at radius 3 is 2.21 bits per heavy atom. The molecule has 0 unspecified atom stereocenters. The lowest BCUT2D eigenvalue weighted by molar-refractivity contribution is -0.196. The number of carbonyl (C=O) groups is 2. The Morgan fingerprint density at radius 2 is 1.60 bits per heavy atom. The van der Waals surface area contributed by atoms with Gasteiger partial charge in [0.15, 0.2) is 0 Å². The van der Waals surface area contributed by atoms with Crippen molar-refractivity contribution in [3.63, 3.8) is 0 Å². The molecule has 0 heterocycles. The van der Waals surface area contributed by atoms with Crippen LogP contribution in [0.15, 0.2) is 0 Å². The molecule has 11 atom stereocenters. The molecule has 4 rings (SSSR count). The average Bonchev–Trinajstić information content (AvgIpc) is 3.25. The molecular weight excluding hydrogens is 600 g/mol. The first-order chi connectivity index (χ1) is 19.9. The van der Waals surface area contributed by atoms with Gasteiger partial charge in [-0.15, -0.1) is 0 Å². The van der Waals surface area contributed by atoms with Crippen LogP contribution in [0.25, 0.3) is 0 Å². The van der Waals surface area contributed by atoms with Crippen LogP contribution in [0.3, 0.4) is 0 Å². The van der Waals surface area contributed by atoms with Crippen molar-refractivity contribution in [1.29, 1.82) is 0 Å². The maximum absolute atomic E-state index is 12.7. The molecule has 13 heteroatoms. The highest BCUT2D eigenvalue weighted by Crippen LogP contribution is 2.69. The molecule has 0 aromatic heterocycles. The summed E-state index contributed by atoms with van der Waals surface area (Å²) in [5.74, 6) is -0.360. The predicted octanol–water partition coefficient (Wildman–Crippen LogP) is 4.69. The number of hydrogen-bond donors (Lipinski definition) is 0. The van der Waals surface area contributed by atoms with E-state index in [-0.39, 0.29) is 66.0 Å². The summed E-state index contributed by atoms with van der Waals surface area (Å²) in [6.07, 6.45) is 5.26. The van der Waals surface area contributed by atoms with Gasteiger partial charge in [0.1, 0.15) is 6.10 Å². The van der Waals surface area contributed by atoms with Gasteiger partial charge in [0.25, 0.3) is 20.2 Å². The summed E-state index contributed by atoms with van der Waals surface area (Å²) in [5, 5.41) is 0. The van der Waals surface area contributed by atoms with Gasteiger partial charge in [0.2, 0.25) is 0 Å². The standard InChI is InChI=1S/C30H50O11S2/c1-8-38-28(32)39-20-13-14-29(3)19(15-20)16-24(40-42(6,33)34)27-22-11-10-21(18(2)9-12-26(31)37-5)30(22,4)25(17-23(27)29)41-43(7,35)36/h18-25,27H,8-17H2,1-7H3/t18-,19+,20-,21-,22+,23+,24-,25+,27+,29+,30-/m1/s1. The number of esters is 1. The van der Waals surface area contributed by atoms with E-state index in [1.165, 1.54) is 7.11 Å². The smallest absolute Gasteiger partial charge is 0.469 e. The van der Waals surface area contributed by atoms with Crippen LogP contribution in [0.1, 0.15) is 85.5 Å². The SMILES string of the molecule is CCOC(=O)O[C@@H]1CC[C@@]2(C)[C@@H](C1)C[C@@H](OS(C)(=O)=O)[C@@H]1[C@@H]2C[C@H](OS(C)(=O)=O)[C@]2(C)[C@@H]([C@H](C)CCC(=O)OC)CC[C@@H]12. The Morgan fingerprint density at radius 1 is 0.930 bits per heavy atom. The quantitative estimate of drug-likeness (QED) is 0.240. The lowest BCUT2D eigenvalue weighted by Gasteiger charge is -2.64. The molecule has 0 amide bonds. The van der Waals surface area contributed by atoms with E-state index in [1.54, 1.807) is 6.92 Å². The normalized spacial score (nSPS) is 40.0.